The molecule has 4 unspecified atom stereocenters. The third-order valence-electron chi connectivity index (χ3n) is 7.31. The Kier molecular flexibility index (Phi) is 7.82. The van der Waals surface area contributed by atoms with Gasteiger partial charge in [0.1, 0.15) is 0 Å². The fraction of sp³-hybridized carbons (Fsp3) is 0.433. The second-order valence-corrected chi connectivity index (χ2v) is 10.0. The van der Waals surface area contributed by atoms with Crippen LogP contribution in [0.4, 0.5) is 0 Å². The van der Waals surface area contributed by atoms with Crippen molar-refractivity contribution in [2.75, 3.05) is 13.2 Å². The van der Waals surface area contributed by atoms with Gasteiger partial charge in [-0.05, 0) is 84.1 Å². The third kappa shape index (κ3) is 5.83. The highest BCUT2D eigenvalue weighted by Gasteiger charge is 2.38. The van der Waals surface area contributed by atoms with Crippen LogP contribution in [0.1, 0.15) is 62.6 Å². The molecule has 33 heavy (non-hydrogen) atoms. The summed E-state index contributed by atoms with van der Waals surface area (Å²) in [5.74, 6) is 2.85. The van der Waals surface area contributed by atoms with E-state index in [1.165, 1.54) is 42.4 Å². The second kappa shape index (κ2) is 11.0. The number of amides is 1. The number of hydrogen-bond donors (Lipinski definition) is 2. The van der Waals surface area contributed by atoms with Gasteiger partial charge in [-0.3, -0.25) is 4.79 Å². The Hall–Kier alpha value is -2.65. The van der Waals surface area contributed by atoms with Crippen LogP contribution < -0.4 is 5.32 Å². The fourth-order valence-corrected chi connectivity index (χ4v) is 6.06. The molecular formula is C30H37NO2. The Labute approximate surface area is 198 Å². The van der Waals surface area contributed by atoms with Gasteiger partial charge in [0, 0.05) is 19.2 Å². The first-order chi connectivity index (χ1) is 16.0. The van der Waals surface area contributed by atoms with Gasteiger partial charge in [-0.2, -0.15) is 0 Å². The molecule has 0 spiro atoms. The zero-order valence-electron chi connectivity index (χ0n) is 20.0. The lowest BCUT2D eigenvalue weighted by Crippen LogP contribution is -2.32. The molecule has 2 aliphatic rings. The summed E-state index contributed by atoms with van der Waals surface area (Å²) in [5.41, 5.74) is 6.65. The Morgan fingerprint density at radius 3 is 2.42 bits per heavy atom. The highest BCUT2D eigenvalue weighted by molar-refractivity contribution is 5.91. The van der Waals surface area contributed by atoms with Gasteiger partial charge >= 0.3 is 0 Å². The molecule has 0 radical (unpaired) electrons. The van der Waals surface area contributed by atoms with E-state index in [-0.39, 0.29) is 12.5 Å². The first kappa shape index (κ1) is 23.5. The van der Waals surface area contributed by atoms with Crippen LogP contribution in [-0.2, 0) is 4.79 Å². The van der Waals surface area contributed by atoms with E-state index in [0.717, 1.165) is 17.4 Å². The molecule has 2 N–H and O–H groups in total. The predicted molar refractivity (Wildman–Crippen MR) is 136 cm³/mol. The van der Waals surface area contributed by atoms with Crippen LogP contribution in [0.25, 0.3) is 11.6 Å². The average Bonchev–Trinajstić information content (AvgIpc) is 2.81. The van der Waals surface area contributed by atoms with Gasteiger partial charge in [0.15, 0.2) is 0 Å². The Morgan fingerprint density at radius 1 is 0.970 bits per heavy atom. The maximum Gasteiger partial charge on any atom is 0.244 e. The molecule has 0 saturated heterocycles. The molecule has 2 fully saturated rings. The SMILES string of the molecule is CC1CC2CC(C)/C(=C(\c3ccccc3)c3ccc(/C=C/C(=O)NCCCO)cc3)C(C1)C2. The topological polar surface area (TPSA) is 49.3 Å². The number of aliphatic hydroxyl groups excluding tert-OH is 1. The van der Waals surface area contributed by atoms with E-state index in [1.807, 2.05) is 6.08 Å². The van der Waals surface area contributed by atoms with E-state index in [0.29, 0.717) is 24.8 Å². The summed E-state index contributed by atoms with van der Waals surface area (Å²) >= 11 is 0. The Bertz CT molecular complexity index is 986. The number of hydrogen-bond acceptors (Lipinski definition) is 2. The van der Waals surface area contributed by atoms with Crippen LogP contribution in [0.15, 0.2) is 66.2 Å². The minimum absolute atomic E-state index is 0.0871. The maximum absolute atomic E-state index is 11.9. The molecule has 4 atom stereocenters. The van der Waals surface area contributed by atoms with Crippen molar-refractivity contribution in [3.05, 3.63) is 82.9 Å². The molecule has 0 heterocycles. The number of rotatable bonds is 7. The molecule has 2 saturated carbocycles. The van der Waals surface area contributed by atoms with E-state index < -0.39 is 0 Å². The molecular weight excluding hydrogens is 406 g/mol. The van der Waals surface area contributed by atoms with Gasteiger partial charge in [-0.25, -0.2) is 0 Å². The highest BCUT2D eigenvalue weighted by atomic mass is 16.3. The van der Waals surface area contributed by atoms with Crippen molar-refractivity contribution < 1.29 is 9.90 Å². The summed E-state index contributed by atoms with van der Waals surface area (Å²) in [6.45, 7) is 5.44. The molecule has 0 aliphatic heterocycles. The van der Waals surface area contributed by atoms with E-state index in [2.05, 4.69) is 73.8 Å². The second-order valence-electron chi connectivity index (χ2n) is 10.0. The van der Waals surface area contributed by atoms with Crippen molar-refractivity contribution >= 4 is 17.6 Å². The van der Waals surface area contributed by atoms with E-state index in [1.54, 1.807) is 11.6 Å². The quantitative estimate of drug-likeness (QED) is 0.402. The van der Waals surface area contributed by atoms with Crippen LogP contribution in [0.3, 0.4) is 0 Å². The molecule has 2 aliphatic carbocycles. The number of benzene rings is 2. The van der Waals surface area contributed by atoms with Crippen molar-refractivity contribution in [3.63, 3.8) is 0 Å². The molecule has 2 aromatic carbocycles. The summed E-state index contributed by atoms with van der Waals surface area (Å²) < 4.78 is 0. The van der Waals surface area contributed by atoms with E-state index in [4.69, 9.17) is 5.11 Å². The van der Waals surface area contributed by atoms with Crippen molar-refractivity contribution in [3.8, 4) is 0 Å². The Morgan fingerprint density at radius 2 is 1.70 bits per heavy atom. The number of allylic oxidation sites excluding steroid dienone is 1. The smallest absolute Gasteiger partial charge is 0.244 e. The average molecular weight is 444 g/mol. The van der Waals surface area contributed by atoms with Gasteiger partial charge in [-0.1, -0.05) is 74.0 Å². The summed E-state index contributed by atoms with van der Waals surface area (Å²) in [5, 5.41) is 11.6. The van der Waals surface area contributed by atoms with Crippen LogP contribution in [-0.4, -0.2) is 24.2 Å². The van der Waals surface area contributed by atoms with Crippen molar-refractivity contribution in [1.82, 2.24) is 5.32 Å². The normalized spacial score (nSPS) is 26.3. The van der Waals surface area contributed by atoms with E-state index in [9.17, 15) is 4.79 Å². The summed E-state index contributed by atoms with van der Waals surface area (Å²) in [6.07, 6.45) is 9.33. The summed E-state index contributed by atoms with van der Waals surface area (Å²) in [4.78, 5) is 11.9. The molecule has 4 rings (SSSR count). The molecule has 3 nitrogen and oxygen atoms in total. The molecule has 3 heteroatoms. The lowest BCUT2D eigenvalue weighted by Gasteiger charge is -2.44. The van der Waals surface area contributed by atoms with Gasteiger partial charge in [-0.15, -0.1) is 0 Å². The number of nitrogens with one attached hydrogen (secondary N) is 1. The minimum Gasteiger partial charge on any atom is -0.396 e. The number of fused-ring (bicyclic) bond motifs is 2. The van der Waals surface area contributed by atoms with Crippen LogP contribution in [0.5, 0.6) is 0 Å². The van der Waals surface area contributed by atoms with Gasteiger partial charge in [0.05, 0.1) is 0 Å². The zero-order valence-corrected chi connectivity index (χ0v) is 20.0. The van der Waals surface area contributed by atoms with Gasteiger partial charge in [0.2, 0.25) is 5.91 Å². The maximum atomic E-state index is 11.9. The van der Waals surface area contributed by atoms with Crippen molar-refractivity contribution in [2.45, 2.75) is 46.0 Å². The number of carbonyl (C=O) groups is 1. The number of carbonyl (C=O) groups excluding carboxylic acids is 1. The van der Waals surface area contributed by atoms with Crippen LogP contribution in [0.2, 0.25) is 0 Å². The van der Waals surface area contributed by atoms with Crippen LogP contribution >= 0.6 is 0 Å². The fourth-order valence-electron chi connectivity index (χ4n) is 6.06. The predicted octanol–water partition coefficient (Wildman–Crippen LogP) is 6.09. The third-order valence-corrected chi connectivity index (χ3v) is 7.31. The standard InChI is InChI=1S/C30H37NO2/c1-21-17-24-19-22(2)29(27(18-21)20-24)30(25-7-4-3-5-8-25)26-12-9-23(10-13-26)11-14-28(33)31-15-6-16-32/h3-5,7-14,21-22,24,27,32H,6,15-20H2,1-2H3,(H,31,33)/b14-11+,30-29-. The first-order valence-corrected chi connectivity index (χ1v) is 12.5. The lowest BCUT2D eigenvalue weighted by molar-refractivity contribution is -0.116. The van der Waals surface area contributed by atoms with Gasteiger partial charge in [0.25, 0.3) is 0 Å². The number of aliphatic hydroxyl groups is 1. The molecule has 2 aromatic rings. The zero-order chi connectivity index (χ0) is 23.2. The monoisotopic (exact) mass is 443 g/mol. The summed E-state index contributed by atoms with van der Waals surface area (Å²) in [7, 11) is 0. The molecule has 2 bridgehead atoms. The lowest BCUT2D eigenvalue weighted by atomic mass is 9.61. The highest BCUT2D eigenvalue weighted by Crippen LogP contribution is 2.50. The largest absolute Gasteiger partial charge is 0.396 e. The molecule has 1 amide bonds. The van der Waals surface area contributed by atoms with Gasteiger partial charge < -0.3 is 10.4 Å². The molecule has 0 aromatic heterocycles. The van der Waals surface area contributed by atoms with Crippen LogP contribution in [0, 0.1) is 23.7 Å². The Balaban J connectivity index is 1.64. The van der Waals surface area contributed by atoms with Crippen molar-refractivity contribution in [2.24, 2.45) is 23.7 Å². The minimum atomic E-state index is -0.128. The van der Waals surface area contributed by atoms with E-state index >= 15 is 0 Å². The molecule has 174 valence electrons. The summed E-state index contributed by atoms with van der Waals surface area (Å²) in [6, 6.07) is 19.5. The van der Waals surface area contributed by atoms with Crippen molar-refractivity contribution in [1.29, 1.82) is 0 Å². The first-order valence-electron chi connectivity index (χ1n) is 12.5.